The fraction of sp³-hybridized carbons (Fsp3) is 0.595. The number of nitrogens with two attached hydrogens (primary N) is 2. The number of nitrogens with zero attached hydrogens (tertiary/aromatic N) is 1. The molecule has 27 nitrogen and oxygen atoms in total. The Morgan fingerprint density at radius 1 is 0.609 bits per heavy atom. The average molecular weight is 982 g/mol. The number of nitrogens with one attached hydrogen (secondary N) is 8. The SMILES string of the molecule is COCCOCCNC(=O)C(CC(=O)O)NC(=O)C(CC(=O)N/N=C/c1ccc(CNC(=O)CC(NC(=O)C(N)CCCCN)C(=O)NC(CC(=O)O)C(=O)NCCOCCOC)cc1)NC(C)=O. The molecule has 0 bridgehead atoms. The molecule has 1 rings (SSSR count). The molecule has 0 saturated carbocycles. The minimum Gasteiger partial charge on any atom is -0.481 e. The maximum absolute atomic E-state index is 13.5. The first-order chi connectivity index (χ1) is 32.9. The second-order valence-electron chi connectivity index (χ2n) is 15.0. The summed E-state index contributed by atoms with van der Waals surface area (Å²) >= 11 is 0. The number of hydrogen-bond donors (Lipinski definition) is 12. The van der Waals surface area contributed by atoms with Crippen LogP contribution in [-0.4, -0.2) is 179 Å². The number of unbranched alkanes of at least 4 members (excludes halogenated alkanes) is 1. The fourth-order valence-corrected chi connectivity index (χ4v) is 5.71. The van der Waals surface area contributed by atoms with E-state index < -0.39 is 115 Å². The highest BCUT2D eigenvalue weighted by Crippen LogP contribution is 2.06. The molecule has 386 valence electrons. The van der Waals surface area contributed by atoms with Gasteiger partial charge in [0.2, 0.25) is 47.3 Å². The number of carboxylic acids is 2. The number of rotatable bonds is 37. The van der Waals surface area contributed by atoms with Crippen molar-refractivity contribution in [2.75, 3.05) is 73.5 Å². The minimum absolute atomic E-state index is 0.000323. The van der Waals surface area contributed by atoms with Gasteiger partial charge in [0.05, 0.1) is 77.6 Å². The van der Waals surface area contributed by atoms with E-state index >= 15 is 0 Å². The van der Waals surface area contributed by atoms with Crippen LogP contribution in [0.4, 0.5) is 0 Å². The smallest absolute Gasteiger partial charge is 0.305 e. The molecule has 1 aromatic carbocycles. The van der Waals surface area contributed by atoms with E-state index in [9.17, 15) is 58.2 Å². The number of benzene rings is 1. The number of ether oxygens (including phenoxy) is 4. The van der Waals surface area contributed by atoms with Crippen molar-refractivity contribution < 1.29 is 77.1 Å². The molecule has 69 heavy (non-hydrogen) atoms. The summed E-state index contributed by atoms with van der Waals surface area (Å²) in [7, 11) is 2.97. The Balaban J connectivity index is 2.95. The zero-order chi connectivity index (χ0) is 51.6. The van der Waals surface area contributed by atoms with Crippen molar-refractivity contribution in [1.82, 2.24) is 42.6 Å². The van der Waals surface area contributed by atoms with Gasteiger partial charge >= 0.3 is 11.9 Å². The fourth-order valence-electron chi connectivity index (χ4n) is 5.71. The summed E-state index contributed by atoms with van der Waals surface area (Å²) in [5.74, 6) is -9.50. The molecule has 0 aliphatic heterocycles. The lowest BCUT2D eigenvalue weighted by atomic mass is 10.1. The van der Waals surface area contributed by atoms with E-state index in [1.807, 2.05) is 0 Å². The molecule has 0 fully saturated rings. The molecule has 14 N–H and O–H groups in total. The van der Waals surface area contributed by atoms with Gasteiger partial charge in [0.15, 0.2) is 0 Å². The van der Waals surface area contributed by atoms with Crippen LogP contribution in [-0.2, 0) is 73.4 Å². The highest BCUT2D eigenvalue weighted by molar-refractivity contribution is 5.97. The van der Waals surface area contributed by atoms with Gasteiger partial charge in [0, 0.05) is 40.8 Å². The van der Waals surface area contributed by atoms with E-state index in [2.05, 4.69) is 47.7 Å². The summed E-state index contributed by atoms with van der Waals surface area (Å²) in [5.41, 5.74) is 14.8. The summed E-state index contributed by atoms with van der Waals surface area (Å²) < 4.78 is 20.2. The summed E-state index contributed by atoms with van der Waals surface area (Å²) in [6, 6.07) is -0.923. The molecule has 8 amide bonds. The predicted molar refractivity (Wildman–Crippen MR) is 243 cm³/mol. The van der Waals surface area contributed by atoms with E-state index in [1.165, 1.54) is 20.4 Å². The van der Waals surface area contributed by atoms with Gasteiger partial charge in [0.25, 0.3) is 0 Å². The number of carbonyl (C=O) groups is 10. The highest BCUT2D eigenvalue weighted by Gasteiger charge is 2.32. The van der Waals surface area contributed by atoms with Gasteiger partial charge < -0.3 is 77.8 Å². The minimum atomic E-state index is -1.58. The van der Waals surface area contributed by atoms with Crippen LogP contribution in [0.3, 0.4) is 0 Å². The molecule has 0 aliphatic rings. The molecule has 0 heterocycles. The second-order valence-corrected chi connectivity index (χ2v) is 15.0. The lowest BCUT2D eigenvalue weighted by Gasteiger charge is -2.23. The largest absolute Gasteiger partial charge is 0.481 e. The number of hydrazone groups is 1. The highest BCUT2D eigenvalue weighted by atomic mass is 16.5. The Bertz CT molecular complexity index is 1850. The van der Waals surface area contributed by atoms with Crippen molar-refractivity contribution in [1.29, 1.82) is 0 Å². The maximum atomic E-state index is 13.5. The monoisotopic (exact) mass is 981 g/mol. The third kappa shape index (κ3) is 28.3. The number of carbonyl (C=O) groups excluding carboxylic acids is 8. The predicted octanol–water partition coefficient (Wildman–Crippen LogP) is -4.54. The van der Waals surface area contributed by atoms with Crippen molar-refractivity contribution in [3.05, 3.63) is 35.4 Å². The summed E-state index contributed by atoms with van der Waals surface area (Å²) in [5, 5.41) is 39.4. The van der Waals surface area contributed by atoms with E-state index in [1.54, 1.807) is 24.3 Å². The van der Waals surface area contributed by atoms with Crippen LogP contribution in [0.2, 0.25) is 0 Å². The standard InChI is InChI=1S/C42H67N11O16/c1-26(54)49-30(41(64)51-32(22-36(57)58)39(62)45-12-14-68-18-16-66-2)21-35(56)53-48-25-28-9-7-27(8-10-28)24-47-34(55)20-31(50-38(61)29(44)6-4-5-11-43)42(65)52-33(23-37(59)60)40(63)46-13-15-69-19-17-67-3/h7-10,25,29-33H,4-6,11-24,43-44H2,1-3H3,(H,45,62)(H,46,63)(H,47,55)(H,49,54)(H,50,61)(H,51,64)(H,52,65)(H,53,56)(H,57,58)(H,59,60)/b48-25+. The van der Waals surface area contributed by atoms with E-state index in [-0.39, 0.29) is 52.5 Å². The second kappa shape index (κ2) is 35.5. The number of methoxy groups -OCH3 is 2. The molecular formula is C42H67N11O16. The Labute approximate surface area is 398 Å². The zero-order valence-corrected chi connectivity index (χ0v) is 39.0. The molecule has 27 heteroatoms. The van der Waals surface area contributed by atoms with E-state index in [0.717, 1.165) is 6.92 Å². The third-order valence-electron chi connectivity index (χ3n) is 9.26. The van der Waals surface area contributed by atoms with Gasteiger partial charge in [-0.15, -0.1) is 0 Å². The number of carboxylic acid groups (broad SMARTS) is 2. The zero-order valence-electron chi connectivity index (χ0n) is 39.0. The van der Waals surface area contributed by atoms with Crippen LogP contribution in [0.1, 0.15) is 63.0 Å². The van der Waals surface area contributed by atoms with Crippen molar-refractivity contribution in [2.24, 2.45) is 16.6 Å². The van der Waals surface area contributed by atoms with Gasteiger partial charge in [-0.3, -0.25) is 47.9 Å². The molecular weight excluding hydrogens is 915 g/mol. The number of aliphatic carboxylic acids is 2. The van der Waals surface area contributed by atoms with Gasteiger partial charge in [-0.05, 0) is 30.5 Å². The van der Waals surface area contributed by atoms with Gasteiger partial charge in [-0.1, -0.05) is 30.7 Å². The van der Waals surface area contributed by atoms with Gasteiger partial charge in [0.1, 0.15) is 24.2 Å². The van der Waals surface area contributed by atoms with Crippen molar-refractivity contribution in [2.45, 2.75) is 88.6 Å². The molecule has 0 aliphatic carbocycles. The molecule has 5 unspecified atom stereocenters. The maximum Gasteiger partial charge on any atom is 0.305 e. The number of amides is 8. The molecule has 1 aromatic rings. The van der Waals surface area contributed by atoms with Crippen LogP contribution >= 0.6 is 0 Å². The Morgan fingerprint density at radius 3 is 1.57 bits per heavy atom. The lowest BCUT2D eigenvalue weighted by molar-refractivity contribution is -0.141. The number of hydrogen-bond acceptors (Lipinski definition) is 17. The Kier molecular flexibility index (Phi) is 31.0. The third-order valence-corrected chi connectivity index (χ3v) is 9.26. The normalized spacial score (nSPS) is 13.1. The molecule has 0 aromatic heterocycles. The first kappa shape index (κ1) is 60.4. The topological polar surface area (TPSA) is 409 Å². The molecule has 0 saturated heterocycles. The summed E-state index contributed by atoms with van der Waals surface area (Å²) in [6.07, 6.45) is -0.308. The van der Waals surface area contributed by atoms with Crippen LogP contribution < -0.4 is 54.1 Å². The molecule has 0 spiro atoms. The molecule has 0 radical (unpaired) electrons. The van der Waals surface area contributed by atoms with Crippen LogP contribution in [0.15, 0.2) is 29.4 Å². The Morgan fingerprint density at radius 2 is 1.09 bits per heavy atom. The summed E-state index contributed by atoms with van der Waals surface area (Å²) in [4.78, 5) is 126. The van der Waals surface area contributed by atoms with Crippen molar-refractivity contribution in [3.8, 4) is 0 Å². The van der Waals surface area contributed by atoms with Crippen molar-refractivity contribution in [3.63, 3.8) is 0 Å². The van der Waals surface area contributed by atoms with E-state index in [0.29, 0.717) is 43.7 Å². The first-order valence-electron chi connectivity index (χ1n) is 21.8. The van der Waals surface area contributed by atoms with Crippen LogP contribution in [0, 0.1) is 0 Å². The van der Waals surface area contributed by atoms with Gasteiger partial charge in [-0.2, -0.15) is 5.10 Å². The first-order valence-corrected chi connectivity index (χ1v) is 21.8. The van der Waals surface area contributed by atoms with Crippen molar-refractivity contribution >= 4 is 65.4 Å². The molecule has 5 atom stereocenters. The quantitative estimate of drug-likeness (QED) is 0.0170. The van der Waals surface area contributed by atoms with Crippen LogP contribution in [0.25, 0.3) is 0 Å². The van der Waals surface area contributed by atoms with E-state index in [4.69, 9.17) is 30.4 Å². The lowest BCUT2D eigenvalue weighted by Crippen LogP contribution is -2.57. The average Bonchev–Trinajstić information content (AvgIpc) is 3.29. The van der Waals surface area contributed by atoms with Crippen LogP contribution in [0.5, 0.6) is 0 Å². The summed E-state index contributed by atoms with van der Waals surface area (Å²) in [6.45, 7) is 2.68. The van der Waals surface area contributed by atoms with Gasteiger partial charge in [-0.25, -0.2) is 5.43 Å². The Hall–Kier alpha value is -6.65.